The Bertz CT molecular complexity index is 1160. The number of hydrogen-bond donors (Lipinski definition) is 0. The highest BCUT2D eigenvalue weighted by molar-refractivity contribution is 5.69. The van der Waals surface area contributed by atoms with Gasteiger partial charge in [0, 0.05) is 36.0 Å². The van der Waals surface area contributed by atoms with Crippen LogP contribution in [0, 0.1) is 34.0 Å². The van der Waals surface area contributed by atoms with Gasteiger partial charge in [0.1, 0.15) is 29.5 Å². The van der Waals surface area contributed by atoms with Crippen molar-refractivity contribution in [2.75, 3.05) is 25.1 Å². The lowest BCUT2D eigenvalue weighted by atomic mass is 9.91. The van der Waals surface area contributed by atoms with Gasteiger partial charge >= 0.3 is 6.18 Å². The molecule has 0 radical (unpaired) electrons. The summed E-state index contributed by atoms with van der Waals surface area (Å²) in [6.45, 7) is 6.76. The summed E-state index contributed by atoms with van der Waals surface area (Å²) in [6.07, 6.45) is 1.77. The van der Waals surface area contributed by atoms with Crippen LogP contribution in [0.4, 0.5) is 18.9 Å². The molecule has 0 amide bonds. The summed E-state index contributed by atoms with van der Waals surface area (Å²) in [5.74, 6) is -0.217. The molecule has 0 aliphatic carbocycles. The molecule has 1 aromatic rings. The molecule has 190 valence electrons. The van der Waals surface area contributed by atoms with E-state index in [0.717, 1.165) is 57.5 Å². The maximum absolute atomic E-state index is 14.0. The molecule has 0 aromatic heterocycles. The fourth-order valence-electron chi connectivity index (χ4n) is 3.81. The fourth-order valence-corrected chi connectivity index (χ4v) is 3.81. The minimum Gasteiger partial charge on any atom is -0.496 e. The summed E-state index contributed by atoms with van der Waals surface area (Å²) in [4.78, 5) is 2.26. The zero-order chi connectivity index (χ0) is 26.9. The third-order valence-corrected chi connectivity index (χ3v) is 5.99. The molecule has 0 N–H and O–H groups in total. The lowest BCUT2D eigenvalue weighted by molar-refractivity contribution is -0.236. The summed E-state index contributed by atoms with van der Waals surface area (Å²) in [5.41, 5.74) is -3.16. The lowest BCUT2D eigenvalue weighted by Gasteiger charge is -2.28. The number of rotatable bonds is 10. The van der Waals surface area contributed by atoms with E-state index in [2.05, 4.69) is 18.7 Å². The molecule has 1 aliphatic rings. The van der Waals surface area contributed by atoms with Crippen LogP contribution in [0.3, 0.4) is 0 Å². The van der Waals surface area contributed by atoms with Gasteiger partial charge in [0.2, 0.25) is 5.60 Å². The van der Waals surface area contributed by atoms with Gasteiger partial charge in [-0.2, -0.15) is 29.0 Å². The highest BCUT2D eigenvalue weighted by Crippen LogP contribution is 2.49. The number of unbranched alkanes of at least 4 members (excludes halogenated alkanes) is 2. The van der Waals surface area contributed by atoms with E-state index < -0.39 is 34.3 Å². The predicted molar refractivity (Wildman–Crippen MR) is 130 cm³/mol. The van der Waals surface area contributed by atoms with Crippen molar-refractivity contribution in [3.63, 3.8) is 0 Å². The van der Waals surface area contributed by atoms with E-state index in [1.54, 1.807) is 12.1 Å². The molecule has 1 aromatic carbocycles. The maximum atomic E-state index is 14.0. The molecule has 6 nitrogen and oxygen atoms in total. The van der Waals surface area contributed by atoms with E-state index in [9.17, 15) is 18.4 Å². The number of anilines is 1. The van der Waals surface area contributed by atoms with E-state index in [1.807, 2.05) is 12.1 Å². The predicted octanol–water partition coefficient (Wildman–Crippen LogP) is 6.59. The molecule has 0 saturated carbocycles. The van der Waals surface area contributed by atoms with E-state index in [1.165, 1.54) is 25.3 Å². The van der Waals surface area contributed by atoms with Gasteiger partial charge in [-0.3, -0.25) is 0 Å². The van der Waals surface area contributed by atoms with Gasteiger partial charge in [-0.25, -0.2) is 0 Å². The van der Waals surface area contributed by atoms with Gasteiger partial charge in [0.25, 0.3) is 0 Å². The molecule has 9 heteroatoms. The van der Waals surface area contributed by atoms with Crippen LogP contribution in [0.2, 0.25) is 0 Å². The Labute approximate surface area is 210 Å². The summed E-state index contributed by atoms with van der Waals surface area (Å²) >= 11 is 0. The standard InChI is InChI=1S/C27H29F3N4O2/c1-5-7-13-34(14-8-6-2)21-11-9-19(24(15-21)35-4)10-12-23-22(18-33)25(20(16-31)17-32)36-26(23,3)27(28,29)30/h9-12,15H,5-8,13-14H2,1-4H3/b12-10+. The van der Waals surface area contributed by atoms with Crippen molar-refractivity contribution in [3.05, 3.63) is 52.3 Å². The van der Waals surface area contributed by atoms with Crippen LogP contribution >= 0.6 is 0 Å². The Hall–Kier alpha value is -3.90. The minimum absolute atomic E-state index is 0.457. The number of nitriles is 3. The summed E-state index contributed by atoms with van der Waals surface area (Å²) in [7, 11) is 1.48. The Balaban J connectivity index is 2.59. The molecule has 36 heavy (non-hydrogen) atoms. The van der Waals surface area contributed by atoms with Gasteiger partial charge in [-0.1, -0.05) is 38.8 Å². The first-order valence-corrected chi connectivity index (χ1v) is 11.7. The monoisotopic (exact) mass is 498 g/mol. The average Bonchev–Trinajstić information content (AvgIpc) is 3.16. The number of alkyl halides is 3. The first-order chi connectivity index (χ1) is 17.1. The van der Waals surface area contributed by atoms with Crippen LogP contribution in [-0.2, 0) is 4.74 Å². The van der Waals surface area contributed by atoms with Crippen molar-refractivity contribution in [1.29, 1.82) is 15.8 Å². The second kappa shape index (κ2) is 12.2. The smallest absolute Gasteiger partial charge is 0.432 e. The van der Waals surface area contributed by atoms with Crippen molar-refractivity contribution < 1.29 is 22.6 Å². The van der Waals surface area contributed by atoms with Gasteiger partial charge in [0.15, 0.2) is 11.3 Å². The Morgan fingerprint density at radius 2 is 1.69 bits per heavy atom. The van der Waals surface area contributed by atoms with E-state index in [4.69, 9.17) is 20.0 Å². The van der Waals surface area contributed by atoms with Gasteiger partial charge in [0.05, 0.1) is 7.11 Å². The Kier molecular flexibility index (Phi) is 9.59. The number of allylic oxidation sites excluding steroid dienone is 2. The molecule has 1 atom stereocenters. The minimum atomic E-state index is -4.92. The zero-order valence-corrected chi connectivity index (χ0v) is 20.9. The van der Waals surface area contributed by atoms with Crippen molar-refractivity contribution in [1.82, 2.24) is 0 Å². The van der Waals surface area contributed by atoms with Crippen LogP contribution in [0.15, 0.2) is 46.8 Å². The number of ether oxygens (including phenoxy) is 2. The van der Waals surface area contributed by atoms with Crippen LogP contribution in [0.1, 0.15) is 52.0 Å². The molecule has 0 fully saturated rings. The number of methoxy groups -OCH3 is 1. The van der Waals surface area contributed by atoms with Crippen molar-refractivity contribution in [2.24, 2.45) is 0 Å². The van der Waals surface area contributed by atoms with Crippen molar-refractivity contribution in [2.45, 2.75) is 58.2 Å². The van der Waals surface area contributed by atoms with E-state index >= 15 is 0 Å². The number of hydrogen-bond acceptors (Lipinski definition) is 6. The summed E-state index contributed by atoms with van der Waals surface area (Å²) in [6, 6.07) is 10.1. The molecule has 0 spiro atoms. The third kappa shape index (κ3) is 5.83. The summed E-state index contributed by atoms with van der Waals surface area (Å²) < 4.78 is 52.7. The number of nitrogens with zero attached hydrogens (tertiary/aromatic N) is 4. The molecule has 0 saturated heterocycles. The normalized spacial score (nSPS) is 17.4. The molecular weight excluding hydrogens is 469 g/mol. The third-order valence-electron chi connectivity index (χ3n) is 5.99. The van der Waals surface area contributed by atoms with Crippen LogP contribution in [0.5, 0.6) is 5.75 Å². The van der Waals surface area contributed by atoms with Gasteiger partial charge in [-0.05, 0) is 31.9 Å². The molecule has 0 bridgehead atoms. The molecule has 1 unspecified atom stereocenters. The van der Waals surface area contributed by atoms with E-state index in [0.29, 0.717) is 11.3 Å². The van der Waals surface area contributed by atoms with Crippen LogP contribution in [-0.4, -0.2) is 32.0 Å². The highest BCUT2D eigenvalue weighted by Gasteiger charge is 2.60. The Morgan fingerprint density at radius 1 is 1.08 bits per heavy atom. The average molecular weight is 499 g/mol. The van der Waals surface area contributed by atoms with Crippen molar-refractivity contribution in [3.8, 4) is 24.0 Å². The second-order valence-electron chi connectivity index (χ2n) is 8.42. The van der Waals surface area contributed by atoms with Crippen LogP contribution in [0.25, 0.3) is 6.08 Å². The van der Waals surface area contributed by atoms with Gasteiger partial charge in [-0.15, -0.1) is 0 Å². The van der Waals surface area contributed by atoms with Crippen LogP contribution < -0.4 is 9.64 Å². The summed E-state index contributed by atoms with van der Waals surface area (Å²) in [5, 5.41) is 27.9. The first-order valence-electron chi connectivity index (χ1n) is 11.7. The fraction of sp³-hybridized carbons (Fsp3) is 0.444. The quantitative estimate of drug-likeness (QED) is 0.338. The van der Waals surface area contributed by atoms with E-state index in [-0.39, 0.29) is 0 Å². The van der Waals surface area contributed by atoms with Gasteiger partial charge < -0.3 is 14.4 Å². The number of benzene rings is 1. The molecule has 2 rings (SSSR count). The molecule has 1 heterocycles. The second-order valence-corrected chi connectivity index (χ2v) is 8.42. The molecular formula is C27H29F3N4O2. The number of halogens is 3. The Morgan fingerprint density at radius 3 is 2.17 bits per heavy atom. The maximum Gasteiger partial charge on any atom is 0.432 e. The highest BCUT2D eigenvalue weighted by atomic mass is 19.4. The zero-order valence-electron chi connectivity index (χ0n) is 20.9. The SMILES string of the molecule is CCCCN(CCCC)c1ccc(/C=C/C2=C(C#N)C(=C(C#N)C#N)OC2(C)C(F)(F)F)c(OC)c1. The lowest BCUT2D eigenvalue weighted by Crippen LogP contribution is -2.43. The topological polar surface area (TPSA) is 93.1 Å². The first kappa shape index (κ1) is 28.3. The van der Waals surface area contributed by atoms with Crippen molar-refractivity contribution >= 4 is 11.8 Å². The largest absolute Gasteiger partial charge is 0.496 e. The molecule has 1 aliphatic heterocycles.